The quantitative estimate of drug-likeness (QED) is 0.346. The Hall–Kier alpha value is -1.24. The van der Waals surface area contributed by atoms with Crippen LogP contribution in [-0.2, 0) is 4.84 Å². The van der Waals surface area contributed by atoms with E-state index in [0.717, 1.165) is 6.42 Å². The number of furan rings is 1. The van der Waals surface area contributed by atoms with E-state index < -0.39 is 20.0 Å². The molecule has 0 aliphatic heterocycles. The van der Waals surface area contributed by atoms with Crippen LogP contribution in [0, 0.1) is 0 Å². The third-order valence-electron chi connectivity index (χ3n) is 2.59. The molecular formula is C13H20F3NO2Si. The summed E-state index contributed by atoms with van der Waals surface area (Å²) in [5, 5.41) is 3.82. The molecule has 0 aliphatic carbocycles. The minimum Gasteiger partial charge on any atom is -0.464 e. The predicted molar refractivity (Wildman–Crippen MR) is 75.1 cm³/mol. The molecule has 0 saturated heterocycles. The van der Waals surface area contributed by atoms with Crippen LogP contribution >= 0.6 is 0 Å². The number of nitrogens with zero attached hydrogens (tertiary/aromatic N) is 1. The molecule has 0 unspecified atom stereocenters. The number of unbranched alkanes of at least 4 members (excludes halogenated alkanes) is 1. The molecule has 3 nitrogen and oxygen atoms in total. The molecule has 0 bridgehead atoms. The molecule has 1 heterocycles. The zero-order valence-corrected chi connectivity index (χ0v) is 13.2. The highest BCUT2D eigenvalue weighted by molar-refractivity contribution is 6.87. The molecule has 0 aromatic carbocycles. The third kappa shape index (κ3) is 4.70. The van der Waals surface area contributed by atoms with Crippen LogP contribution in [0.5, 0.6) is 0 Å². The first-order valence-corrected chi connectivity index (χ1v) is 10.0. The molecule has 0 spiro atoms. The summed E-state index contributed by atoms with van der Waals surface area (Å²) in [6, 6.07) is 2.90. The first-order chi connectivity index (χ1) is 9.16. The van der Waals surface area contributed by atoms with Gasteiger partial charge in [-0.1, -0.05) is 38.1 Å². The van der Waals surface area contributed by atoms with Gasteiger partial charge in [-0.25, -0.2) is 0 Å². The third-order valence-corrected chi connectivity index (χ3v) is 4.34. The van der Waals surface area contributed by atoms with Crippen molar-refractivity contribution in [1.29, 1.82) is 0 Å². The van der Waals surface area contributed by atoms with Gasteiger partial charge in [0.1, 0.15) is 14.7 Å². The van der Waals surface area contributed by atoms with Crippen molar-refractivity contribution < 1.29 is 22.4 Å². The molecule has 0 aliphatic rings. The number of halogens is 3. The Balaban J connectivity index is 2.97. The summed E-state index contributed by atoms with van der Waals surface area (Å²) in [5.74, 6) is -0.286. The highest BCUT2D eigenvalue weighted by Crippen LogP contribution is 2.23. The van der Waals surface area contributed by atoms with Gasteiger partial charge in [-0.2, -0.15) is 13.2 Å². The van der Waals surface area contributed by atoms with Crippen LogP contribution in [0.15, 0.2) is 21.7 Å². The lowest BCUT2D eigenvalue weighted by atomic mass is 10.3. The average Bonchev–Trinajstić information content (AvgIpc) is 2.76. The van der Waals surface area contributed by atoms with Gasteiger partial charge in [0.25, 0.3) is 0 Å². The fourth-order valence-electron chi connectivity index (χ4n) is 1.42. The maximum absolute atomic E-state index is 13.0. The zero-order valence-electron chi connectivity index (χ0n) is 12.2. The molecule has 0 amide bonds. The number of rotatable bonds is 6. The van der Waals surface area contributed by atoms with Gasteiger partial charge in [-0.3, -0.25) is 0 Å². The normalized spacial score (nSPS) is 13.7. The van der Waals surface area contributed by atoms with E-state index >= 15 is 0 Å². The fourth-order valence-corrected chi connectivity index (χ4v) is 2.42. The Kier molecular flexibility index (Phi) is 5.44. The van der Waals surface area contributed by atoms with Gasteiger partial charge < -0.3 is 9.25 Å². The largest absolute Gasteiger partial charge is 0.464 e. The topological polar surface area (TPSA) is 34.7 Å². The summed E-state index contributed by atoms with van der Waals surface area (Å²) >= 11 is 0. The van der Waals surface area contributed by atoms with Crippen LogP contribution in [0.25, 0.3) is 0 Å². The van der Waals surface area contributed by atoms with Crippen molar-refractivity contribution in [3.8, 4) is 0 Å². The summed E-state index contributed by atoms with van der Waals surface area (Å²) in [6.07, 6.45) is -3.11. The van der Waals surface area contributed by atoms with E-state index in [1.54, 1.807) is 6.07 Å². The Morgan fingerprint density at radius 3 is 2.40 bits per heavy atom. The lowest BCUT2D eigenvalue weighted by molar-refractivity contribution is -0.0623. The lowest BCUT2D eigenvalue weighted by Crippen LogP contribution is -2.36. The van der Waals surface area contributed by atoms with Crippen LogP contribution in [0.3, 0.4) is 0 Å². The van der Waals surface area contributed by atoms with Crippen molar-refractivity contribution in [2.24, 2.45) is 5.16 Å². The van der Waals surface area contributed by atoms with Gasteiger partial charge in [-0.05, 0) is 18.6 Å². The molecule has 1 rings (SSSR count). The molecule has 0 fully saturated rings. The lowest BCUT2D eigenvalue weighted by Gasteiger charge is -2.12. The molecule has 114 valence electrons. The van der Waals surface area contributed by atoms with E-state index in [1.807, 2.05) is 26.6 Å². The first-order valence-electron chi connectivity index (χ1n) is 6.54. The smallest absolute Gasteiger partial charge is 0.440 e. The van der Waals surface area contributed by atoms with E-state index in [1.165, 1.54) is 6.07 Å². The summed E-state index contributed by atoms with van der Waals surface area (Å²) in [4.78, 5) is 4.73. The van der Waals surface area contributed by atoms with Crippen molar-refractivity contribution in [3.05, 3.63) is 17.9 Å². The Labute approximate surface area is 117 Å². The van der Waals surface area contributed by atoms with Crippen LogP contribution in [-0.4, -0.2) is 26.6 Å². The van der Waals surface area contributed by atoms with E-state index in [4.69, 9.17) is 9.25 Å². The molecule has 0 N–H and O–H groups in total. The average molecular weight is 307 g/mol. The second-order valence-electron chi connectivity index (χ2n) is 5.54. The second-order valence-corrected chi connectivity index (χ2v) is 10.5. The number of hydrogen-bond acceptors (Lipinski definition) is 3. The van der Waals surface area contributed by atoms with Crippen molar-refractivity contribution in [3.63, 3.8) is 0 Å². The zero-order chi connectivity index (χ0) is 15.4. The van der Waals surface area contributed by atoms with Crippen molar-refractivity contribution >= 4 is 19.2 Å². The van der Waals surface area contributed by atoms with E-state index in [9.17, 15) is 13.2 Å². The molecule has 1 aromatic heterocycles. The number of hydrogen-bond donors (Lipinski definition) is 0. The Bertz CT molecular complexity index is 461. The van der Waals surface area contributed by atoms with Crippen molar-refractivity contribution in [2.75, 3.05) is 6.61 Å². The van der Waals surface area contributed by atoms with Crippen molar-refractivity contribution in [2.45, 2.75) is 45.6 Å². The fraction of sp³-hybridized carbons (Fsp3) is 0.615. The van der Waals surface area contributed by atoms with Gasteiger partial charge >= 0.3 is 6.18 Å². The molecule has 20 heavy (non-hydrogen) atoms. The second kappa shape index (κ2) is 6.47. The number of alkyl halides is 3. The van der Waals surface area contributed by atoms with Gasteiger partial charge in [-0.15, -0.1) is 0 Å². The maximum atomic E-state index is 13.0. The van der Waals surface area contributed by atoms with Gasteiger partial charge in [0.15, 0.2) is 5.76 Å². The van der Waals surface area contributed by atoms with Crippen molar-refractivity contribution in [1.82, 2.24) is 0 Å². The number of oxime groups is 1. The van der Waals surface area contributed by atoms with Gasteiger partial charge in [0.2, 0.25) is 5.71 Å². The molecule has 1 aromatic rings. The van der Waals surface area contributed by atoms with Crippen LogP contribution in [0.4, 0.5) is 13.2 Å². The molecule has 0 radical (unpaired) electrons. The molecule has 0 atom stereocenters. The monoisotopic (exact) mass is 307 g/mol. The van der Waals surface area contributed by atoms with Gasteiger partial charge in [0.05, 0.1) is 5.38 Å². The Morgan fingerprint density at radius 1 is 1.30 bits per heavy atom. The molecule has 7 heteroatoms. The van der Waals surface area contributed by atoms with Crippen LogP contribution in [0.1, 0.15) is 25.5 Å². The summed E-state index contributed by atoms with van der Waals surface area (Å²) < 4.78 is 44.2. The standard InChI is InChI=1S/C13H20F3NO2Si/c1-5-6-9-18-17-12(13(14,15)16)10-7-8-11(19-10)20(2,3)4/h7-8H,5-6,9H2,1-4H3/b17-12+. The Morgan fingerprint density at radius 2 is 1.95 bits per heavy atom. The van der Waals surface area contributed by atoms with Crippen LogP contribution in [0.2, 0.25) is 19.6 Å². The minimum atomic E-state index is -4.60. The highest BCUT2D eigenvalue weighted by atomic mass is 28.3. The van der Waals surface area contributed by atoms with Crippen LogP contribution < -0.4 is 5.38 Å². The highest BCUT2D eigenvalue weighted by Gasteiger charge is 2.40. The minimum absolute atomic E-state index is 0.164. The summed E-state index contributed by atoms with van der Waals surface area (Å²) in [7, 11) is -1.79. The molecule has 0 saturated carbocycles. The van der Waals surface area contributed by atoms with Gasteiger partial charge in [0, 0.05) is 0 Å². The SMILES string of the molecule is CCCCO/N=C(\c1ccc([Si](C)(C)C)o1)C(F)(F)F. The predicted octanol–water partition coefficient (Wildman–Crippen LogP) is 3.91. The van der Waals surface area contributed by atoms with E-state index in [-0.39, 0.29) is 12.4 Å². The van der Waals surface area contributed by atoms with E-state index in [0.29, 0.717) is 11.8 Å². The maximum Gasteiger partial charge on any atom is 0.440 e. The van der Waals surface area contributed by atoms with E-state index in [2.05, 4.69) is 5.16 Å². The first kappa shape index (κ1) is 16.8. The molecular weight excluding hydrogens is 287 g/mol. The summed E-state index contributed by atoms with van der Waals surface area (Å²) in [5.41, 5.74) is -1.11. The summed E-state index contributed by atoms with van der Waals surface area (Å²) in [6.45, 7) is 8.08.